The Balaban J connectivity index is 2.21. The lowest BCUT2D eigenvalue weighted by Gasteiger charge is -2.05. The summed E-state index contributed by atoms with van der Waals surface area (Å²) >= 11 is 0. The molecule has 0 spiro atoms. The standard InChI is InChI=1S/C4H7BNO3/c7-3-5-6-1-4(8)2-9-6/h3-4,8H,1-2H2/t4-/m1/s1. The molecule has 49 valence electrons. The highest BCUT2D eigenvalue weighted by Gasteiger charge is 2.20. The minimum Gasteiger partial charge on any atom is -0.389 e. The van der Waals surface area contributed by atoms with Crippen LogP contribution in [-0.4, -0.2) is 42.9 Å². The van der Waals surface area contributed by atoms with Crippen LogP contribution in [0.25, 0.3) is 0 Å². The number of carbonyl (C=O) groups excluding carboxylic acids is 1. The fourth-order valence-electron chi connectivity index (χ4n) is 0.667. The predicted molar refractivity (Wildman–Crippen MR) is 31.2 cm³/mol. The number of aliphatic hydroxyl groups is 1. The van der Waals surface area contributed by atoms with E-state index in [0.717, 1.165) is 0 Å². The fraction of sp³-hybridized carbons (Fsp3) is 0.750. The molecule has 1 saturated heterocycles. The molecule has 1 heterocycles. The van der Waals surface area contributed by atoms with Crippen molar-refractivity contribution in [3.8, 4) is 0 Å². The van der Waals surface area contributed by atoms with Crippen LogP contribution in [-0.2, 0) is 9.63 Å². The van der Waals surface area contributed by atoms with E-state index in [1.54, 1.807) is 0 Å². The highest BCUT2D eigenvalue weighted by Crippen LogP contribution is 2.01. The summed E-state index contributed by atoms with van der Waals surface area (Å²) in [6, 6.07) is 0. The van der Waals surface area contributed by atoms with Crippen LogP contribution in [0.3, 0.4) is 0 Å². The molecule has 5 heteroatoms. The first-order valence-electron chi connectivity index (χ1n) is 2.69. The van der Waals surface area contributed by atoms with Gasteiger partial charge < -0.3 is 14.7 Å². The SMILES string of the molecule is O=C[B]N1C[C@@H](O)CO1. The maximum Gasteiger partial charge on any atom is 0.326 e. The lowest BCUT2D eigenvalue weighted by molar-refractivity contribution is -0.0331. The van der Waals surface area contributed by atoms with Crippen LogP contribution in [0.4, 0.5) is 0 Å². The lowest BCUT2D eigenvalue weighted by Crippen LogP contribution is -2.26. The molecule has 1 N–H and O–H groups in total. The Morgan fingerprint density at radius 2 is 2.67 bits per heavy atom. The van der Waals surface area contributed by atoms with E-state index < -0.39 is 6.10 Å². The Hall–Kier alpha value is -0.385. The van der Waals surface area contributed by atoms with Crippen molar-refractivity contribution in [2.45, 2.75) is 6.10 Å². The second kappa shape index (κ2) is 2.96. The number of rotatable bonds is 2. The number of hydroxylamine groups is 1. The molecule has 1 aliphatic rings. The summed E-state index contributed by atoms with van der Waals surface area (Å²) in [5.41, 5.74) is 0. The van der Waals surface area contributed by atoms with Gasteiger partial charge in [-0.05, 0) is 0 Å². The zero-order valence-corrected chi connectivity index (χ0v) is 4.86. The molecule has 9 heavy (non-hydrogen) atoms. The average molecular weight is 128 g/mol. The third-order valence-electron chi connectivity index (χ3n) is 1.05. The van der Waals surface area contributed by atoms with Gasteiger partial charge in [0.15, 0.2) is 0 Å². The number of carbonyl (C=O) groups is 1. The maximum absolute atomic E-state index is 9.81. The van der Waals surface area contributed by atoms with E-state index in [1.165, 1.54) is 12.4 Å². The summed E-state index contributed by atoms with van der Waals surface area (Å²) in [6.07, 6.45) is 0.166. The van der Waals surface area contributed by atoms with E-state index >= 15 is 0 Å². The first-order chi connectivity index (χ1) is 4.33. The summed E-state index contributed by atoms with van der Waals surface area (Å²) in [7, 11) is 1.25. The number of β-amino-alcohol motifs (C(OH)–C–C–N with tert-alkyl or cyclic N) is 1. The molecule has 1 aliphatic heterocycles. The van der Waals surface area contributed by atoms with E-state index in [1.807, 2.05) is 0 Å². The Kier molecular flexibility index (Phi) is 2.21. The topological polar surface area (TPSA) is 49.8 Å². The third-order valence-corrected chi connectivity index (χ3v) is 1.05. The van der Waals surface area contributed by atoms with Gasteiger partial charge in [0.1, 0.15) is 0 Å². The van der Waals surface area contributed by atoms with Crippen molar-refractivity contribution in [2.75, 3.05) is 13.2 Å². The third kappa shape index (κ3) is 1.78. The van der Waals surface area contributed by atoms with Gasteiger partial charge in [0.25, 0.3) is 0 Å². The largest absolute Gasteiger partial charge is 0.389 e. The van der Waals surface area contributed by atoms with Crippen molar-refractivity contribution < 1.29 is 14.7 Å². The molecular formula is C4H7BNO3. The zero-order valence-electron chi connectivity index (χ0n) is 4.86. The van der Waals surface area contributed by atoms with Crippen molar-refractivity contribution in [2.24, 2.45) is 0 Å². The molecule has 0 saturated carbocycles. The molecule has 0 aromatic carbocycles. The van der Waals surface area contributed by atoms with E-state index in [2.05, 4.69) is 0 Å². The molecule has 0 unspecified atom stereocenters. The number of hydrogen-bond donors (Lipinski definition) is 1. The lowest BCUT2D eigenvalue weighted by atomic mass is 9.98. The number of aliphatic hydroxyl groups excluding tert-OH is 1. The van der Waals surface area contributed by atoms with E-state index in [-0.39, 0.29) is 6.61 Å². The molecule has 0 bridgehead atoms. The maximum atomic E-state index is 9.81. The first kappa shape index (κ1) is 6.73. The Bertz CT molecular complexity index is 110. The van der Waals surface area contributed by atoms with Crippen LogP contribution >= 0.6 is 0 Å². The molecular weight excluding hydrogens is 121 g/mol. The van der Waals surface area contributed by atoms with Gasteiger partial charge in [-0.15, -0.1) is 0 Å². The van der Waals surface area contributed by atoms with Crippen LogP contribution < -0.4 is 0 Å². The van der Waals surface area contributed by atoms with Crippen LogP contribution in [0.5, 0.6) is 0 Å². The van der Waals surface area contributed by atoms with Gasteiger partial charge in [-0.2, -0.15) is 0 Å². The van der Waals surface area contributed by atoms with Crippen molar-refractivity contribution in [3.05, 3.63) is 0 Å². The monoisotopic (exact) mass is 128 g/mol. The fourth-order valence-corrected chi connectivity index (χ4v) is 0.667. The van der Waals surface area contributed by atoms with Gasteiger partial charge in [-0.1, -0.05) is 0 Å². The molecule has 1 fully saturated rings. The van der Waals surface area contributed by atoms with Gasteiger partial charge in [0.05, 0.1) is 18.9 Å². The molecule has 4 nitrogen and oxygen atoms in total. The van der Waals surface area contributed by atoms with Crippen LogP contribution in [0.15, 0.2) is 0 Å². The highest BCUT2D eigenvalue weighted by molar-refractivity contribution is 6.63. The van der Waals surface area contributed by atoms with Gasteiger partial charge in [-0.25, -0.2) is 4.97 Å². The second-order valence-corrected chi connectivity index (χ2v) is 1.83. The predicted octanol–water partition coefficient (Wildman–Crippen LogP) is -1.60. The molecule has 0 amide bonds. The minimum atomic E-state index is -0.457. The van der Waals surface area contributed by atoms with Crippen molar-refractivity contribution in [1.29, 1.82) is 0 Å². The minimum absolute atomic E-state index is 0.282. The Morgan fingerprint density at radius 3 is 3.11 bits per heavy atom. The highest BCUT2D eigenvalue weighted by atomic mass is 16.7. The normalized spacial score (nSPS) is 28.3. The summed E-state index contributed by atoms with van der Waals surface area (Å²) in [5.74, 6) is 0. The summed E-state index contributed by atoms with van der Waals surface area (Å²) in [6.45, 7) is 0.670. The Labute approximate surface area is 53.6 Å². The van der Waals surface area contributed by atoms with E-state index in [4.69, 9.17) is 9.94 Å². The average Bonchev–Trinajstić information content (AvgIpc) is 2.17. The van der Waals surface area contributed by atoms with E-state index in [0.29, 0.717) is 12.7 Å². The number of hydrogen-bond acceptors (Lipinski definition) is 4. The molecule has 0 aliphatic carbocycles. The smallest absolute Gasteiger partial charge is 0.326 e. The van der Waals surface area contributed by atoms with Crippen LogP contribution in [0.2, 0.25) is 0 Å². The molecule has 1 radical (unpaired) electrons. The summed E-state index contributed by atoms with van der Waals surface area (Å²) in [4.78, 5) is 15.9. The zero-order chi connectivity index (χ0) is 6.69. The van der Waals surface area contributed by atoms with Crippen LogP contribution in [0, 0.1) is 0 Å². The summed E-state index contributed by atoms with van der Waals surface area (Å²) < 4.78 is 0. The van der Waals surface area contributed by atoms with Crippen molar-refractivity contribution >= 4 is 13.6 Å². The summed E-state index contributed by atoms with van der Waals surface area (Å²) in [5, 5.41) is 8.82. The van der Waals surface area contributed by atoms with Gasteiger partial charge in [0, 0.05) is 6.54 Å². The van der Waals surface area contributed by atoms with Crippen LogP contribution in [0.1, 0.15) is 0 Å². The quantitative estimate of drug-likeness (QED) is 0.359. The van der Waals surface area contributed by atoms with Gasteiger partial charge >= 0.3 is 7.41 Å². The first-order valence-corrected chi connectivity index (χ1v) is 2.69. The number of nitrogens with zero attached hydrogens (tertiary/aromatic N) is 1. The van der Waals surface area contributed by atoms with Gasteiger partial charge in [-0.3, -0.25) is 0 Å². The molecule has 1 rings (SSSR count). The van der Waals surface area contributed by atoms with Gasteiger partial charge in [0.2, 0.25) is 0 Å². The van der Waals surface area contributed by atoms with Crippen molar-refractivity contribution in [3.63, 3.8) is 0 Å². The second-order valence-electron chi connectivity index (χ2n) is 1.83. The molecule has 0 aromatic rings. The van der Waals surface area contributed by atoms with Crippen molar-refractivity contribution in [1.82, 2.24) is 4.97 Å². The Morgan fingerprint density at radius 1 is 1.89 bits per heavy atom. The van der Waals surface area contributed by atoms with E-state index in [9.17, 15) is 4.79 Å². The molecule has 1 atom stereocenters. The molecule has 0 aromatic heterocycles.